The number of amides is 3. The van der Waals surface area contributed by atoms with Crippen LogP contribution in [0, 0.1) is 6.92 Å². The Kier molecular flexibility index (Phi) is 5.47. The Morgan fingerprint density at radius 1 is 1.23 bits per heavy atom. The molecule has 26 heavy (non-hydrogen) atoms. The van der Waals surface area contributed by atoms with Gasteiger partial charge in [-0.25, -0.2) is 4.98 Å². The number of carbonyl (C=O) groups is 4. The minimum absolute atomic E-state index is 0.0390. The van der Waals surface area contributed by atoms with Crippen molar-refractivity contribution in [3.05, 3.63) is 15.6 Å². The monoisotopic (exact) mass is 395 g/mol. The van der Waals surface area contributed by atoms with Gasteiger partial charge in [-0.1, -0.05) is 11.8 Å². The average molecular weight is 396 g/mol. The molecule has 1 aromatic rings. The smallest absolute Gasteiger partial charge is 0.288 e. The van der Waals surface area contributed by atoms with Crippen LogP contribution in [0.2, 0.25) is 0 Å². The highest BCUT2D eigenvalue weighted by Gasteiger charge is 2.39. The molecule has 0 saturated carbocycles. The maximum atomic E-state index is 12.5. The number of hydrogen-bond donors (Lipinski definition) is 0. The number of nitrogens with zero attached hydrogens (tertiary/aromatic N) is 3. The highest BCUT2D eigenvalue weighted by molar-refractivity contribution is 8.15. The van der Waals surface area contributed by atoms with Crippen LogP contribution in [0.1, 0.15) is 52.5 Å². The van der Waals surface area contributed by atoms with E-state index in [4.69, 9.17) is 0 Å². The molecule has 1 aromatic heterocycles. The Morgan fingerprint density at radius 3 is 2.38 bits per heavy atom. The van der Waals surface area contributed by atoms with Crippen LogP contribution >= 0.6 is 23.1 Å². The minimum Gasteiger partial charge on any atom is -0.343 e. The SMILES string of the molecule is CC(=O)c1sc(C2CCN(C(=O)C[C@H]3SC(=O)N(C)C3=O)CC2)nc1C. The molecule has 2 aliphatic heterocycles. The van der Waals surface area contributed by atoms with E-state index < -0.39 is 5.25 Å². The Morgan fingerprint density at radius 2 is 1.88 bits per heavy atom. The van der Waals surface area contributed by atoms with Crippen molar-refractivity contribution in [2.24, 2.45) is 0 Å². The minimum atomic E-state index is -0.600. The summed E-state index contributed by atoms with van der Waals surface area (Å²) in [7, 11) is 1.44. The first-order chi connectivity index (χ1) is 12.3. The molecular weight excluding hydrogens is 374 g/mol. The molecule has 0 aliphatic carbocycles. The fraction of sp³-hybridized carbons (Fsp3) is 0.588. The predicted molar refractivity (Wildman–Crippen MR) is 99.6 cm³/mol. The lowest BCUT2D eigenvalue weighted by molar-refractivity contribution is -0.135. The molecule has 2 fully saturated rings. The summed E-state index contributed by atoms with van der Waals surface area (Å²) < 4.78 is 0. The normalized spacial score (nSPS) is 21.6. The van der Waals surface area contributed by atoms with Crippen LogP contribution in [-0.2, 0) is 9.59 Å². The number of imide groups is 1. The van der Waals surface area contributed by atoms with Gasteiger partial charge in [-0.15, -0.1) is 11.3 Å². The second-order valence-corrected chi connectivity index (χ2v) is 8.84. The van der Waals surface area contributed by atoms with Crippen LogP contribution in [0.3, 0.4) is 0 Å². The van der Waals surface area contributed by atoms with Crippen molar-refractivity contribution in [3.63, 3.8) is 0 Å². The molecule has 3 amide bonds. The third-order valence-corrected chi connectivity index (χ3v) is 7.36. The van der Waals surface area contributed by atoms with E-state index in [9.17, 15) is 19.2 Å². The van der Waals surface area contributed by atoms with Gasteiger partial charge < -0.3 is 4.90 Å². The topological polar surface area (TPSA) is 87.7 Å². The van der Waals surface area contributed by atoms with Crippen molar-refractivity contribution in [1.82, 2.24) is 14.8 Å². The third-order valence-electron chi connectivity index (χ3n) is 4.81. The molecule has 7 nitrogen and oxygen atoms in total. The van der Waals surface area contributed by atoms with E-state index in [0.29, 0.717) is 18.0 Å². The standard InChI is InChI=1S/C17H21N3O4S2/c1-9-14(10(2)21)26-15(18-9)11-4-6-20(7-5-11)13(22)8-12-16(23)19(3)17(24)25-12/h11-12H,4-8H2,1-3H3/t12-/m1/s1. The van der Waals surface area contributed by atoms with E-state index in [1.807, 2.05) is 6.92 Å². The second-order valence-electron chi connectivity index (χ2n) is 6.65. The number of aryl methyl sites for hydroxylation is 1. The number of thioether (sulfide) groups is 1. The van der Waals surface area contributed by atoms with Gasteiger partial charge in [-0.2, -0.15) is 0 Å². The fourth-order valence-corrected chi connectivity index (χ4v) is 5.38. The van der Waals surface area contributed by atoms with Gasteiger partial charge in [0.05, 0.1) is 15.6 Å². The number of likely N-dealkylation sites (tertiary alicyclic amines) is 1. The van der Waals surface area contributed by atoms with Crippen molar-refractivity contribution >= 4 is 45.9 Å². The molecule has 0 unspecified atom stereocenters. The largest absolute Gasteiger partial charge is 0.343 e. The van der Waals surface area contributed by atoms with Gasteiger partial charge in [-0.05, 0) is 19.8 Å². The van der Waals surface area contributed by atoms with Crippen LogP contribution in [0.4, 0.5) is 4.79 Å². The Balaban J connectivity index is 1.56. The highest BCUT2D eigenvalue weighted by Crippen LogP contribution is 2.34. The molecular formula is C17H21N3O4S2. The summed E-state index contributed by atoms with van der Waals surface area (Å²) in [5.74, 6) is -0.0847. The van der Waals surface area contributed by atoms with Crippen LogP contribution in [0.15, 0.2) is 0 Å². The van der Waals surface area contributed by atoms with Crippen molar-refractivity contribution < 1.29 is 19.2 Å². The van der Waals surface area contributed by atoms with Crippen molar-refractivity contribution in [3.8, 4) is 0 Å². The quantitative estimate of drug-likeness (QED) is 0.728. The van der Waals surface area contributed by atoms with Gasteiger partial charge in [-0.3, -0.25) is 24.1 Å². The van der Waals surface area contributed by atoms with Crippen molar-refractivity contribution in [2.75, 3.05) is 20.1 Å². The van der Waals surface area contributed by atoms with E-state index in [1.54, 1.807) is 11.8 Å². The summed E-state index contributed by atoms with van der Waals surface area (Å²) in [6.45, 7) is 4.61. The highest BCUT2D eigenvalue weighted by atomic mass is 32.2. The van der Waals surface area contributed by atoms with Crippen LogP contribution in [0.5, 0.6) is 0 Å². The van der Waals surface area contributed by atoms with Gasteiger partial charge >= 0.3 is 0 Å². The number of ketones is 1. The average Bonchev–Trinajstić information content (AvgIpc) is 3.11. The first kappa shape index (κ1) is 19.0. The molecule has 0 bridgehead atoms. The number of piperidine rings is 1. The zero-order valence-corrected chi connectivity index (χ0v) is 16.6. The maximum Gasteiger partial charge on any atom is 0.288 e. The van der Waals surface area contributed by atoms with Gasteiger partial charge in [0.2, 0.25) is 11.8 Å². The number of aromatic nitrogens is 1. The van der Waals surface area contributed by atoms with E-state index in [0.717, 1.165) is 40.2 Å². The van der Waals surface area contributed by atoms with E-state index in [-0.39, 0.29) is 35.2 Å². The lowest BCUT2D eigenvalue weighted by Gasteiger charge is -2.31. The maximum absolute atomic E-state index is 12.5. The summed E-state index contributed by atoms with van der Waals surface area (Å²) in [6.07, 6.45) is 1.65. The summed E-state index contributed by atoms with van der Waals surface area (Å²) in [5.41, 5.74) is 0.779. The molecule has 0 spiro atoms. The van der Waals surface area contributed by atoms with E-state index in [2.05, 4.69) is 4.98 Å². The number of Topliss-reactive ketones (excluding diaryl/α,β-unsaturated/α-hetero) is 1. The zero-order chi connectivity index (χ0) is 19.0. The van der Waals surface area contributed by atoms with Gasteiger partial charge in [0.1, 0.15) is 5.25 Å². The summed E-state index contributed by atoms with van der Waals surface area (Å²) in [4.78, 5) is 55.7. The Hall–Kier alpha value is -1.74. The van der Waals surface area contributed by atoms with Gasteiger partial charge in [0.25, 0.3) is 5.24 Å². The Labute approximate surface area is 160 Å². The Bertz CT molecular complexity index is 768. The summed E-state index contributed by atoms with van der Waals surface area (Å²) >= 11 is 2.38. The van der Waals surface area contributed by atoms with Gasteiger partial charge in [0.15, 0.2) is 5.78 Å². The number of hydrogen-bond acceptors (Lipinski definition) is 7. The van der Waals surface area contributed by atoms with Crippen LogP contribution < -0.4 is 0 Å². The second kappa shape index (κ2) is 7.48. The van der Waals surface area contributed by atoms with Crippen LogP contribution in [0.25, 0.3) is 0 Å². The summed E-state index contributed by atoms with van der Waals surface area (Å²) in [5, 5.41) is 0.0675. The zero-order valence-electron chi connectivity index (χ0n) is 15.0. The summed E-state index contributed by atoms with van der Waals surface area (Å²) in [6, 6.07) is 0. The molecule has 3 heterocycles. The molecule has 2 saturated heterocycles. The molecule has 3 rings (SSSR count). The fourth-order valence-electron chi connectivity index (χ4n) is 3.27. The molecule has 0 aromatic carbocycles. The molecule has 2 aliphatic rings. The van der Waals surface area contributed by atoms with Crippen molar-refractivity contribution in [2.45, 2.75) is 44.3 Å². The van der Waals surface area contributed by atoms with E-state index >= 15 is 0 Å². The van der Waals surface area contributed by atoms with Gasteiger partial charge in [0, 0.05) is 39.4 Å². The third kappa shape index (κ3) is 3.68. The number of thiazole rings is 1. The molecule has 0 N–H and O–H groups in total. The lowest BCUT2D eigenvalue weighted by Crippen LogP contribution is -2.40. The first-order valence-electron chi connectivity index (χ1n) is 8.52. The molecule has 9 heteroatoms. The molecule has 1 atom stereocenters. The molecule has 0 radical (unpaired) electrons. The number of carbonyl (C=O) groups excluding carboxylic acids is 4. The van der Waals surface area contributed by atoms with Crippen LogP contribution in [-0.4, -0.2) is 63.0 Å². The predicted octanol–water partition coefficient (Wildman–Crippen LogP) is 2.44. The van der Waals surface area contributed by atoms with E-state index in [1.165, 1.54) is 18.4 Å². The first-order valence-corrected chi connectivity index (χ1v) is 10.2. The van der Waals surface area contributed by atoms with Crippen molar-refractivity contribution in [1.29, 1.82) is 0 Å². The lowest BCUT2D eigenvalue weighted by atomic mass is 9.97. The number of rotatable bonds is 4. The molecule has 140 valence electrons.